The van der Waals surface area contributed by atoms with E-state index in [0.717, 1.165) is 6.92 Å². The van der Waals surface area contributed by atoms with Gasteiger partial charge in [-0.05, 0) is 19.1 Å². The molecule has 0 aromatic carbocycles. The second kappa shape index (κ2) is 3.30. The number of rotatable bonds is 3. The van der Waals surface area contributed by atoms with E-state index < -0.39 is 17.7 Å². The molecule has 1 unspecified atom stereocenters. The van der Waals surface area contributed by atoms with Crippen molar-refractivity contribution in [2.24, 2.45) is 0 Å². The van der Waals surface area contributed by atoms with Crippen molar-refractivity contribution < 1.29 is 18.4 Å². The number of carbonyl (C=O) groups is 2. The summed E-state index contributed by atoms with van der Waals surface area (Å²) in [6.07, 6.45) is -0.851. The van der Waals surface area contributed by atoms with Crippen LogP contribution in [-0.4, -0.2) is 17.7 Å². The Bertz CT molecular complexity index is 289. The quantitative estimate of drug-likeness (QED) is 0.508. The van der Waals surface area contributed by atoms with Crippen LogP contribution in [0.3, 0.4) is 0 Å². The van der Waals surface area contributed by atoms with Crippen LogP contribution in [0.25, 0.3) is 0 Å². The van der Waals surface area contributed by atoms with Crippen LogP contribution in [0.5, 0.6) is 0 Å². The molecule has 1 aromatic heterocycles. The summed E-state index contributed by atoms with van der Waals surface area (Å²) in [5.41, 5.74) is 0. The van der Waals surface area contributed by atoms with Crippen LogP contribution in [0.2, 0.25) is 0 Å². The molecule has 0 bridgehead atoms. The minimum atomic E-state index is -2.10. The van der Waals surface area contributed by atoms with Gasteiger partial charge >= 0.3 is 0 Å². The Balaban J connectivity index is 2.79. The summed E-state index contributed by atoms with van der Waals surface area (Å²) in [7, 11) is 0. The molecule has 3 nitrogen and oxygen atoms in total. The van der Waals surface area contributed by atoms with E-state index in [4.69, 9.17) is 0 Å². The molecule has 0 fully saturated rings. The van der Waals surface area contributed by atoms with E-state index in [-0.39, 0.29) is 5.76 Å². The first-order valence-corrected chi connectivity index (χ1v) is 3.35. The van der Waals surface area contributed by atoms with Crippen molar-refractivity contribution in [3.8, 4) is 0 Å². The Morgan fingerprint density at radius 1 is 1.58 bits per heavy atom. The zero-order valence-electron chi connectivity index (χ0n) is 6.41. The van der Waals surface area contributed by atoms with Crippen molar-refractivity contribution in [3.63, 3.8) is 0 Å². The van der Waals surface area contributed by atoms with Crippen LogP contribution in [-0.2, 0) is 4.79 Å². The van der Waals surface area contributed by atoms with Crippen molar-refractivity contribution in [2.45, 2.75) is 13.1 Å². The number of furan rings is 1. The van der Waals surface area contributed by atoms with Crippen molar-refractivity contribution in [3.05, 3.63) is 24.2 Å². The summed E-state index contributed by atoms with van der Waals surface area (Å²) < 4.78 is 17.3. The van der Waals surface area contributed by atoms with Gasteiger partial charge < -0.3 is 4.42 Å². The molecule has 0 aliphatic heterocycles. The molecule has 12 heavy (non-hydrogen) atoms. The van der Waals surface area contributed by atoms with E-state index in [1.165, 1.54) is 18.4 Å². The summed E-state index contributed by atoms with van der Waals surface area (Å²) >= 11 is 0. The third-order valence-corrected chi connectivity index (χ3v) is 1.35. The number of hydrogen-bond acceptors (Lipinski definition) is 3. The van der Waals surface area contributed by atoms with Crippen molar-refractivity contribution in [1.82, 2.24) is 0 Å². The van der Waals surface area contributed by atoms with Gasteiger partial charge in [-0.3, -0.25) is 9.59 Å². The van der Waals surface area contributed by atoms with Crippen molar-refractivity contribution in [2.75, 3.05) is 0 Å². The maximum Gasteiger partial charge on any atom is 0.239 e. The molecule has 1 heterocycles. The highest BCUT2D eigenvalue weighted by molar-refractivity contribution is 6.11. The van der Waals surface area contributed by atoms with E-state index >= 15 is 0 Å². The standard InChI is InChI=1S/C8H7FO3/c1-5(10)7(9)8(11)6-3-2-4-12-6/h2-4,7H,1H3. The predicted molar refractivity (Wildman–Crippen MR) is 38.6 cm³/mol. The lowest BCUT2D eigenvalue weighted by atomic mass is 10.1. The number of carbonyl (C=O) groups excluding carboxylic acids is 2. The predicted octanol–water partition coefficient (Wildman–Crippen LogP) is 1.39. The smallest absolute Gasteiger partial charge is 0.239 e. The van der Waals surface area contributed by atoms with Crippen LogP contribution in [0, 0.1) is 0 Å². The van der Waals surface area contributed by atoms with Gasteiger partial charge in [0.25, 0.3) is 0 Å². The van der Waals surface area contributed by atoms with E-state index in [1.807, 2.05) is 0 Å². The molecule has 0 amide bonds. The molecule has 64 valence electrons. The maximum absolute atomic E-state index is 12.7. The lowest BCUT2D eigenvalue weighted by Crippen LogP contribution is -2.22. The molecular formula is C8H7FO3. The van der Waals surface area contributed by atoms with Gasteiger partial charge in [0.05, 0.1) is 6.26 Å². The number of Topliss-reactive ketones (excluding diaryl/α,β-unsaturated/α-hetero) is 2. The van der Waals surface area contributed by atoms with E-state index in [9.17, 15) is 14.0 Å². The molecule has 0 radical (unpaired) electrons. The minimum absolute atomic E-state index is 0.127. The molecule has 0 aliphatic carbocycles. The first kappa shape index (κ1) is 8.64. The second-order valence-corrected chi connectivity index (χ2v) is 2.31. The maximum atomic E-state index is 12.7. The fourth-order valence-electron chi connectivity index (χ4n) is 0.728. The number of halogens is 1. The van der Waals surface area contributed by atoms with E-state index in [0.29, 0.717) is 0 Å². The van der Waals surface area contributed by atoms with Crippen molar-refractivity contribution >= 4 is 11.6 Å². The molecule has 1 aromatic rings. The fraction of sp³-hybridized carbons (Fsp3) is 0.250. The molecule has 4 heteroatoms. The normalized spacial score (nSPS) is 12.5. The largest absolute Gasteiger partial charge is 0.461 e. The molecule has 0 N–H and O–H groups in total. The van der Waals surface area contributed by atoms with Gasteiger partial charge in [-0.25, -0.2) is 4.39 Å². The summed E-state index contributed by atoms with van der Waals surface area (Å²) in [6, 6.07) is 2.78. The van der Waals surface area contributed by atoms with Crippen LogP contribution in [0.4, 0.5) is 4.39 Å². The average molecular weight is 170 g/mol. The third kappa shape index (κ3) is 1.58. The Kier molecular flexibility index (Phi) is 2.38. The lowest BCUT2D eigenvalue weighted by molar-refractivity contribution is -0.120. The van der Waals surface area contributed by atoms with Crippen molar-refractivity contribution in [1.29, 1.82) is 0 Å². The Morgan fingerprint density at radius 2 is 2.25 bits per heavy atom. The molecular weight excluding hydrogens is 163 g/mol. The van der Waals surface area contributed by atoms with Gasteiger partial charge in [0.1, 0.15) is 0 Å². The Labute approximate surface area is 68.2 Å². The Morgan fingerprint density at radius 3 is 2.67 bits per heavy atom. The highest BCUT2D eigenvalue weighted by Gasteiger charge is 2.25. The molecule has 0 aliphatic rings. The number of ketones is 2. The van der Waals surface area contributed by atoms with Crippen LogP contribution >= 0.6 is 0 Å². The molecule has 0 saturated carbocycles. The summed E-state index contributed by atoms with van der Waals surface area (Å²) in [4.78, 5) is 21.4. The van der Waals surface area contributed by atoms with E-state index in [1.54, 1.807) is 0 Å². The second-order valence-electron chi connectivity index (χ2n) is 2.31. The molecule has 1 rings (SSSR count). The van der Waals surface area contributed by atoms with Gasteiger partial charge in [0.2, 0.25) is 12.0 Å². The Hall–Kier alpha value is -1.45. The third-order valence-electron chi connectivity index (χ3n) is 1.35. The first-order chi connectivity index (χ1) is 5.63. The summed E-state index contributed by atoms with van der Waals surface area (Å²) in [5.74, 6) is -1.86. The lowest BCUT2D eigenvalue weighted by Gasteiger charge is -1.98. The monoisotopic (exact) mass is 170 g/mol. The summed E-state index contributed by atoms with van der Waals surface area (Å²) in [6.45, 7) is 1.02. The van der Waals surface area contributed by atoms with Crippen LogP contribution < -0.4 is 0 Å². The average Bonchev–Trinajstić information content (AvgIpc) is 2.53. The zero-order valence-corrected chi connectivity index (χ0v) is 6.41. The topological polar surface area (TPSA) is 47.3 Å². The zero-order chi connectivity index (χ0) is 9.14. The fourth-order valence-corrected chi connectivity index (χ4v) is 0.728. The van der Waals surface area contributed by atoms with Crippen LogP contribution in [0.1, 0.15) is 17.5 Å². The molecule has 1 atom stereocenters. The SMILES string of the molecule is CC(=O)C(F)C(=O)c1ccco1. The molecule has 0 saturated heterocycles. The van der Waals surface area contributed by atoms with Gasteiger partial charge in [-0.15, -0.1) is 0 Å². The minimum Gasteiger partial charge on any atom is -0.461 e. The number of alkyl halides is 1. The van der Waals surface area contributed by atoms with Gasteiger partial charge in [0, 0.05) is 0 Å². The van der Waals surface area contributed by atoms with Crippen LogP contribution in [0.15, 0.2) is 22.8 Å². The van der Waals surface area contributed by atoms with Gasteiger partial charge in [-0.2, -0.15) is 0 Å². The van der Waals surface area contributed by atoms with E-state index in [2.05, 4.69) is 4.42 Å². The number of hydrogen-bond donors (Lipinski definition) is 0. The highest BCUT2D eigenvalue weighted by Crippen LogP contribution is 2.07. The van der Waals surface area contributed by atoms with Gasteiger partial charge in [0.15, 0.2) is 11.5 Å². The molecule has 0 spiro atoms. The van der Waals surface area contributed by atoms with Gasteiger partial charge in [-0.1, -0.05) is 0 Å². The summed E-state index contributed by atoms with van der Waals surface area (Å²) in [5, 5.41) is 0. The highest BCUT2D eigenvalue weighted by atomic mass is 19.1. The first-order valence-electron chi connectivity index (χ1n) is 3.35.